The van der Waals surface area contributed by atoms with E-state index in [0.717, 1.165) is 51.0 Å². The largest absolute Gasteiger partial charge is 3.00 e. The maximum atomic E-state index is 9.74. The molecule has 0 fully saturated rings. The molecule has 5 aromatic carbocycles. The smallest absolute Gasteiger partial charge is 0.501 e. The zero-order chi connectivity index (χ0) is 50.7. The van der Waals surface area contributed by atoms with Crippen LogP contribution in [0.25, 0.3) is 55.7 Å². The Labute approximate surface area is 396 Å². The monoisotopic (exact) mass is 1010 g/mol. The van der Waals surface area contributed by atoms with Gasteiger partial charge in [0.05, 0.1) is 20.0 Å². The van der Waals surface area contributed by atoms with Crippen molar-refractivity contribution < 1.29 is 36.9 Å². The van der Waals surface area contributed by atoms with E-state index in [1.165, 1.54) is 12.1 Å². The normalized spacial score (nSPS) is 14.4. The summed E-state index contributed by atoms with van der Waals surface area (Å²) < 4.78 is 87.7. The van der Waals surface area contributed by atoms with Gasteiger partial charge in [-0.15, -0.1) is 90.0 Å². The average molecular weight is 1010 g/mol. The summed E-state index contributed by atoms with van der Waals surface area (Å²) in [6, 6.07) is 45.5. The molecule has 0 amide bonds. The number of pyridine rings is 3. The van der Waals surface area contributed by atoms with E-state index in [1.807, 2.05) is 97.3 Å². The molecule has 0 saturated heterocycles. The van der Waals surface area contributed by atoms with E-state index in [4.69, 9.17) is 21.2 Å². The number of furan rings is 1. The van der Waals surface area contributed by atoms with Crippen molar-refractivity contribution in [1.29, 1.82) is 5.26 Å². The van der Waals surface area contributed by atoms with Crippen LogP contribution in [0.2, 0.25) is 0 Å². The first-order valence-electron chi connectivity index (χ1n) is 24.9. The van der Waals surface area contributed by atoms with Crippen molar-refractivity contribution in [3.63, 3.8) is 0 Å². The Morgan fingerprint density at radius 3 is 1.86 bits per heavy atom. The minimum atomic E-state index is -2.96. The SMILES string of the molecule is [2H]c1cc2c(oc3c(-c4cc(C([2H])([2H])[2H])c(C([2H])([2H])C([2H])([2H])c5cc(CC(C)(C)c6ccc(-c7[c-]cccc7)nc6)cc(CC(C)(C)c6ccc(-c7[c-]cccc7)nc6)c5)cn4)[c-]ccc32)c([2H])c1C#N.[Ir+3]. The zero-order valence-electron chi connectivity index (χ0n) is 44.1. The van der Waals surface area contributed by atoms with Gasteiger partial charge in [-0.1, -0.05) is 98.8 Å². The first kappa shape index (κ1) is 33.1. The van der Waals surface area contributed by atoms with Crippen LogP contribution in [0.15, 0.2) is 150 Å². The van der Waals surface area contributed by atoms with Crippen molar-refractivity contribution in [2.45, 2.75) is 71.0 Å². The molecule has 310 valence electrons. The van der Waals surface area contributed by atoms with Gasteiger partial charge in [-0.2, -0.15) is 5.26 Å². The summed E-state index contributed by atoms with van der Waals surface area (Å²) in [6.07, 6.45) is -0.162. The molecule has 0 N–H and O–H groups in total. The first-order valence-corrected chi connectivity index (χ1v) is 20.4. The van der Waals surface area contributed by atoms with Gasteiger partial charge in [-0.3, -0.25) is 0 Å². The second-order valence-electron chi connectivity index (χ2n) is 16.8. The van der Waals surface area contributed by atoms with Gasteiger partial charge in [-0.25, -0.2) is 0 Å². The number of hydrogen-bond acceptors (Lipinski definition) is 5. The zero-order valence-corrected chi connectivity index (χ0v) is 37.5. The van der Waals surface area contributed by atoms with E-state index >= 15 is 0 Å². The van der Waals surface area contributed by atoms with Crippen LogP contribution in [-0.4, -0.2) is 15.0 Å². The Bertz CT molecular complexity index is 3380. The van der Waals surface area contributed by atoms with Crippen molar-refractivity contribution in [1.82, 2.24) is 15.0 Å². The topological polar surface area (TPSA) is 75.6 Å². The van der Waals surface area contributed by atoms with E-state index in [-0.39, 0.29) is 65.7 Å². The van der Waals surface area contributed by atoms with Crippen molar-refractivity contribution >= 4 is 21.9 Å². The fourth-order valence-corrected chi connectivity index (χ4v) is 7.97. The quantitative estimate of drug-likeness (QED) is 0.114. The summed E-state index contributed by atoms with van der Waals surface area (Å²) in [5, 5.41) is 10.5. The van der Waals surface area contributed by atoms with Gasteiger partial charge in [0.1, 0.15) is 5.58 Å². The molecule has 6 heteroatoms. The molecule has 63 heavy (non-hydrogen) atoms. The summed E-state index contributed by atoms with van der Waals surface area (Å²) in [4.78, 5) is 14.1. The van der Waals surface area contributed by atoms with Gasteiger partial charge < -0.3 is 19.4 Å². The molecule has 0 aliphatic rings. The van der Waals surface area contributed by atoms with Crippen molar-refractivity contribution in [3.8, 4) is 39.8 Å². The van der Waals surface area contributed by atoms with Crippen LogP contribution >= 0.6 is 0 Å². The molecule has 0 bridgehead atoms. The maximum absolute atomic E-state index is 9.74. The number of hydrogen-bond donors (Lipinski definition) is 0. The number of nitrogens with zero attached hydrogens (tertiary/aromatic N) is 4. The first-order chi connectivity index (χ1) is 33.6. The molecule has 0 aliphatic carbocycles. The van der Waals surface area contributed by atoms with E-state index in [0.29, 0.717) is 23.6 Å². The van der Waals surface area contributed by atoms with Crippen LogP contribution in [-0.2, 0) is 56.5 Å². The second-order valence-corrected chi connectivity index (χ2v) is 16.8. The van der Waals surface area contributed by atoms with E-state index in [2.05, 4.69) is 50.9 Å². The third kappa shape index (κ3) is 9.32. The Morgan fingerprint density at radius 2 is 1.30 bits per heavy atom. The Balaban J connectivity index is 0.00000693. The van der Waals surface area contributed by atoms with Gasteiger partial charge in [0, 0.05) is 33.6 Å². The number of fused-ring (bicyclic) bond motifs is 3. The molecule has 4 heterocycles. The van der Waals surface area contributed by atoms with Gasteiger partial charge in [0.15, 0.2) is 0 Å². The fraction of sp³-hybridized carbons (Fsp3) is 0.193. The van der Waals surface area contributed by atoms with Crippen LogP contribution in [0.3, 0.4) is 0 Å². The molecule has 0 unspecified atom stereocenters. The second kappa shape index (κ2) is 18.1. The molecular formula is C57H47IrN4O. The molecule has 0 spiro atoms. The molecule has 0 radical (unpaired) electrons. The Kier molecular flexibility index (Phi) is 9.49. The molecule has 0 atom stereocenters. The van der Waals surface area contributed by atoms with Crippen LogP contribution in [0, 0.1) is 36.4 Å². The number of rotatable bonds is 12. The Morgan fingerprint density at radius 1 is 0.683 bits per heavy atom. The van der Waals surface area contributed by atoms with Gasteiger partial charge >= 0.3 is 20.1 Å². The van der Waals surface area contributed by atoms with E-state index in [1.54, 1.807) is 24.3 Å². The molecule has 9 aromatic rings. The predicted octanol–water partition coefficient (Wildman–Crippen LogP) is 13.2. The molecule has 4 aromatic heterocycles. The summed E-state index contributed by atoms with van der Waals surface area (Å²) in [5.41, 5.74) is 5.12. The minimum Gasteiger partial charge on any atom is -0.501 e. The minimum absolute atomic E-state index is 0. The van der Waals surface area contributed by atoms with Crippen LogP contribution in [0.5, 0.6) is 0 Å². The van der Waals surface area contributed by atoms with Crippen LogP contribution in [0.1, 0.15) is 84.5 Å². The number of aryl methyl sites for hydroxylation is 3. The summed E-state index contributed by atoms with van der Waals surface area (Å²) in [7, 11) is 0. The van der Waals surface area contributed by atoms with Gasteiger partial charge in [0.2, 0.25) is 0 Å². The fourth-order valence-electron chi connectivity index (χ4n) is 7.97. The van der Waals surface area contributed by atoms with Gasteiger partial charge in [0.25, 0.3) is 0 Å². The molecule has 0 saturated carbocycles. The summed E-state index contributed by atoms with van der Waals surface area (Å²) >= 11 is 0. The van der Waals surface area contributed by atoms with E-state index in [9.17, 15) is 10.7 Å². The maximum Gasteiger partial charge on any atom is 3.00 e. The molecule has 0 aliphatic heterocycles. The Hall–Kier alpha value is -6.51. The standard InChI is InChI=1S/C57H47N4O.Ir/c1-38-27-53(50-18-12-17-49-48-24-20-40(34-58)31-54(48)62-55(49)50)59-35-45(38)21-19-39-28-41(32-56(2,3)46-22-25-51(60-36-46)43-13-8-6-9-14-43)30-42(29-39)33-57(4,5)47-23-26-52(61-37-47)44-15-10-7-11-16-44;/h6-13,15,17,20,22-31,35-37H,19,21,32-33H2,1-5H3;/q-3;+3/i1D3,19D2,20D,21D2,31D;. The summed E-state index contributed by atoms with van der Waals surface area (Å²) in [5.74, 6) is 0. The molecule has 5 nitrogen and oxygen atoms in total. The third-order valence-electron chi connectivity index (χ3n) is 11.3. The van der Waals surface area contributed by atoms with Crippen molar-refractivity contribution in [2.24, 2.45) is 0 Å². The van der Waals surface area contributed by atoms with Crippen molar-refractivity contribution in [2.75, 3.05) is 0 Å². The predicted molar refractivity (Wildman–Crippen MR) is 250 cm³/mol. The number of nitriles is 1. The van der Waals surface area contributed by atoms with Crippen LogP contribution in [0.4, 0.5) is 0 Å². The van der Waals surface area contributed by atoms with E-state index < -0.39 is 41.6 Å². The number of aromatic nitrogens is 3. The molecule has 9 rings (SSSR count). The average Bonchev–Trinajstić information content (AvgIpc) is 3.72. The number of benzene rings is 5. The molecular weight excluding hydrogens is 949 g/mol. The summed E-state index contributed by atoms with van der Waals surface area (Å²) in [6.45, 7) is 5.41. The van der Waals surface area contributed by atoms with Gasteiger partial charge in [-0.05, 0) is 106 Å². The third-order valence-corrected chi connectivity index (χ3v) is 11.3. The van der Waals surface area contributed by atoms with Crippen molar-refractivity contribution in [3.05, 3.63) is 209 Å². The van der Waals surface area contributed by atoms with Crippen LogP contribution < -0.4 is 0 Å².